The second kappa shape index (κ2) is 7.70. The number of carbonyl (C=O) groups excluding carboxylic acids is 1. The zero-order valence-corrected chi connectivity index (χ0v) is 13.7. The van der Waals surface area contributed by atoms with Crippen LogP contribution < -0.4 is 5.32 Å². The summed E-state index contributed by atoms with van der Waals surface area (Å²) in [4.78, 5) is 15.3. The number of rotatable bonds is 4. The smallest absolute Gasteiger partial charge is 0.379 e. The van der Waals surface area contributed by atoms with Gasteiger partial charge in [0.1, 0.15) is 0 Å². The minimum Gasteiger partial charge on any atom is -0.379 e. The van der Waals surface area contributed by atoms with Crippen LogP contribution in [0, 0.1) is 11.8 Å². The number of methoxy groups -OCH3 is 1. The molecular weight excluding hydrogens is 311 g/mol. The Labute approximate surface area is 135 Å². The molecule has 2 amide bonds. The summed E-state index contributed by atoms with van der Waals surface area (Å²) < 4.78 is 42.5. The Morgan fingerprint density at radius 3 is 2.65 bits per heavy atom. The Kier molecular flexibility index (Phi) is 6.13. The highest BCUT2D eigenvalue weighted by atomic mass is 19.4. The SMILES string of the molecule is CO[C@@H]1CN(C(=O)NC[C@H]2CCN(CC(F)(F)F)C2)CC[C@@H]1C. The van der Waals surface area contributed by atoms with Gasteiger partial charge in [0.05, 0.1) is 12.6 Å². The van der Waals surface area contributed by atoms with Crippen molar-refractivity contribution < 1.29 is 22.7 Å². The van der Waals surface area contributed by atoms with E-state index in [2.05, 4.69) is 12.2 Å². The van der Waals surface area contributed by atoms with Gasteiger partial charge in [-0.25, -0.2) is 4.79 Å². The lowest BCUT2D eigenvalue weighted by Crippen LogP contribution is -2.51. The van der Waals surface area contributed by atoms with E-state index >= 15 is 0 Å². The zero-order valence-electron chi connectivity index (χ0n) is 13.7. The van der Waals surface area contributed by atoms with Crippen LogP contribution in [-0.4, -0.2) is 74.5 Å². The Hall–Kier alpha value is -1.02. The Morgan fingerprint density at radius 2 is 2.00 bits per heavy atom. The average Bonchev–Trinajstić information content (AvgIpc) is 2.90. The van der Waals surface area contributed by atoms with Gasteiger partial charge in [0, 0.05) is 33.3 Å². The van der Waals surface area contributed by atoms with Gasteiger partial charge in [0.25, 0.3) is 0 Å². The number of hydrogen-bond donors (Lipinski definition) is 1. The number of alkyl halides is 3. The lowest BCUT2D eigenvalue weighted by molar-refractivity contribution is -0.143. The molecule has 0 spiro atoms. The fraction of sp³-hybridized carbons (Fsp3) is 0.933. The van der Waals surface area contributed by atoms with Gasteiger partial charge in [-0.1, -0.05) is 6.92 Å². The molecule has 0 unspecified atom stereocenters. The normalized spacial score (nSPS) is 29.8. The first kappa shape index (κ1) is 18.3. The van der Waals surface area contributed by atoms with E-state index in [0.717, 1.165) is 6.42 Å². The highest BCUT2D eigenvalue weighted by molar-refractivity contribution is 5.74. The number of carbonyl (C=O) groups is 1. The van der Waals surface area contributed by atoms with Crippen molar-refractivity contribution in [2.24, 2.45) is 11.8 Å². The summed E-state index contributed by atoms with van der Waals surface area (Å²) in [6.45, 7) is 3.75. The summed E-state index contributed by atoms with van der Waals surface area (Å²) in [5.74, 6) is 0.512. The van der Waals surface area contributed by atoms with Crippen molar-refractivity contribution in [3.8, 4) is 0 Å². The van der Waals surface area contributed by atoms with Crippen LogP contribution in [0.5, 0.6) is 0 Å². The number of halogens is 3. The fourth-order valence-electron chi connectivity index (χ4n) is 3.35. The molecule has 0 bridgehead atoms. The minimum atomic E-state index is -4.15. The van der Waals surface area contributed by atoms with Crippen LogP contribution in [0.25, 0.3) is 0 Å². The van der Waals surface area contributed by atoms with Gasteiger partial charge < -0.3 is 15.0 Å². The number of ether oxygens (including phenoxy) is 1. The molecule has 5 nitrogen and oxygen atoms in total. The third kappa shape index (κ3) is 5.53. The maximum atomic E-state index is 12.4. The molecule has 0 aromatic heterocycles. The molecule has 2 rings (SSSR count). The number of nitrogens with one attached hydrogen (secondary N) is 1. The van der Waals surface area contributed by atoms with Gasteiger partial charge >= 0.3 is 12.2 Å². The Bertz CT molecular complexity index is 406. The summed E-state index contributed by atoms with van der Waals surface area (Å²) in [7, 11) is 1.65. The maximum Gasteiger partial charge on any atom is 0.401 e. The number of nitrogens with zero attached hydrogens (tertiary/aromatic N) is 2. The van der Waals surface area contributed by atoms with Crippen LogP contribution in [0.15, 0.2) is 0 Å². The molecule has 8 heteroatoms. The van der Waals surface area contributed by atoms with Crippen molar-refractivity contribution in [3.63, 3.8) is 0 Å². The molecule has 2 aliphatic heterocycles. The fourth-order valence-corrected chi connectivity index (χ4v) is 3.35. The number of urea groups is 1. The highest BCUT2D eigenvalue weighted by Crippen LogP contribution is 2.23. The van der Waals surface area contributed by atoms with Crippen LogP contribution in [-0.2, 0) is 4.74 Å². The van der Waals surface area contributed by atoms with E-state index in [-0.39, 0.29) is 18.1 Å². The minimum absolute atomic E-state index is 0.0447. The second-order valence-corrected chi connectivity index (χ2v) is 6.68. The molecule has 0 aliphatic carbocycles. The van der Waals surface area contributed by atoms with Gasteiger partial charge in [-0.05, 0) is 31.2 Å². The number of piperidine rings is 1. The van der Waals surface area contributed by atoms with Gasteiger partial charge in [-0.3, -0.25) is 4.90 Å². The molecule has 0 saturated carbocycles. The van der Waals surface area contributed by atoms with E-state index in [0.29, 0.717) is 45.1 Å². The van der Waals surface area contributed by atoms with E-state index in [9.17, 15) is 18.0 Å². The molecule has 0 aromatic rings. The van der Waals surface area contributed by atoms with Crippen LogP contribution >= 0.6 is 0 Å². The quantitative estimate of drug-likeness (QED) is 0.853. The molecule has 2 heterocycles. The molecule has 0 radical (unpaired) electrons. The third-order valence-corrected chi connectivity index (χ3v) is 4.79. The number of amides is 2. The van der Waals surface area contributed by atoms with Crippen LogP contribution in [0.2, 0.25) is 0 Å². The Balaban J connectivity index is 1.71. The van der Waals surface area contributed by atoms with Crippen molar-refractivity contribution in [1.82, 2.24) is 15.1 Å². The van der Waals surface area contributed by atoms with E-state index in [1.807, 2.05) is 0 Å². The van der Waals surface area contributed by atoms with E-state index in [4.69, 9.17) is 4.74 Å². The molecule has 3 atom stereocenters. The monoisotopic (exact) mass is 337 g/mol. The first-order valence-corrected chi connectivity index (χ1v) is 8.13. The lowest BCUT2D eigenvalue weighted by atomic mass is 9.96. The zero-order chi connectivity index (χ0) is 17.0. The molecular formula is C15H26F3N3O2. The molecule has 2 fully saturated rings. The first-order chi connectivity index (χ1) is 10.8. The van der Waals surface area contributed by atoms with Crippen molar-refractivity contribution >= 4 is 6.03 Å². The largest absolute Gasteiger partial charge is 0.401 e. The molecule has 134 valence electrons. The van der Waals surface area contributed by atoms with E-state index in [1.54, 1.807) is 12.0 Å². The van der Waals surface area contributed by atoms with E-state index in [1.165, 1.54) is 4.90 Å². The third-order valence-electron chi connectivity index (χ3n) is 4.79. The van der Waals surface area contributed by atoms with Gasteiger partial charge in [0.15, 0.2) is 0 Å². The summed E-state index contributed by atoms with van der Waals surface area (Å²) in [5, 5.41) is 2.86. The van der Waals surface area contributed by atoms with Gasteiger partial charge in [0.2, 0.25) is 0 Å². The summed E-state index contributed by atoms with van der Waals surface area (Å²) in [6.07, 6.45) is -2.52. The molecule has 2 saturated heterocycles. The van der Waals surface area contributed by atoms with Crippen molar-refractivity contribution in [1.29, 1.82) is 0 Å². The van der Waals surface area contributed by atoms with Crippen LogP contribution in [0.4, 0.5) is 18.0 Å². The second-order valence-electron chi connectivity index (χ2n) is 6.68. The van der Waals surface area contributed by atoms with E-state index < -0.39 is 12.7 Å². The molecule has 0 aromatic carbocycles. The highest BCUT2D eigenvalue weighted by Gasteiger charge is 2.34. The maximum absolute atomic E-state index is 12.4. The molecule has 1 N–H and O–H groups in total. The summed E-state index contributed by atoms with van der Waals surface area (Å²) in [6, 6.07) is -0.145. The molecule has 23 heavy (non-hydrogen) atoms. The average molecular weight is 337 g/mol. The number of likely N-dealkylation sites (tertiary alicyclic amines) is 2. The van der Waals surface area contributed by atoms with Crippen LogP contribution in [0.3, 0.4) is 0 Å². The number of hydrogen-bond acceptors (Lipinski definition) is 3. The van der Waals surface area contributed by atoms with Crippen molar-refractivity contribution in [2.75, 3.05) is 46.4 Å². The molecule has 2 aliphatic rings. The topological polar surface area (TPSA) is 44.8 Å². The lowest BCUT2D eigenvalue weighted by Gasteiger charge is -2.36. The predicted molar refractivity (Wildman–Crippen MR) is 80.2 cm³/mol. The predicted octanol–water partition coefficient (Wildman–Crippen LogP) is 1.94. The van der Waals surface area contributed by atoms with Crippen molar-refractivity contribution in [2.45, 2.75) is 32.0 Å². The summed E-state index contributed by atoms with van der Waals surface area (Å²) in [5.41, 5.74) is 0. The Morgan fingerprint density at radius 1 is 1.26 bits per heavy atom. The first-order valence-electron chi connectivity index (χ1n) is 8.13. The van der Waals surface area contributed by atoms with Crippen molar-refractivity contribution in [3.05, 3.63) is 0 Å². The van der Waals surface area contributed by atoms with Crippen LogP contribution in [0.1, 0.15) is 19.8 Å². The van der Waals surface area contributed by atoms with Gasteiger partial charge in [-0.15, -0.1) is 0 Å². The summed E-state index contributed by atoms with van der Waals surface area (Å²) >= 11 is 0. The standard InChI is InChI=1S/C15H26F3N3O2/c1-11-3-6-21(9-13(11)23-2)14(22)19-7-12-4-5-20(8-12)10-15(16,17)18/h11-13H,3-10H2,1-2H3,(H,19,22)/t11-,12+,13+/m0/s1. The van der Waals surface area contributed by atoms with Gasteiger partial charge in [-0.2, -0.15) is 13.2 Å².